The Morgan fingerprint density at radius 3 is 2.65 bits per heavy atom. The molecule has 0 amide bonds. The summed E-state index contributed by atoms with van der Waals surface area (Å²) in [4.78, 5) is 0. The number of hydrogen-bond acceptors (Lipinski definition) is 6. The van der Waals surface area contributed by atoms with Crippen molar-refractivity contribution in [3.63, 3.8) is 0 Å². The van der Waals surface area contributed by atoms with Gasteiger partial charge in [0.1, 0.15) is 11.5 Å². The van der Waals surface area contributed by atoms with Gasteiger partial charge in [-0.15, -0.1) is 0 Å². The summed E-state index contributed by atoms with van der Waals surface area (Å²) in [7, 11) is -2.61. The molecule has 0 radical (unpaired) electrons. The van der Waals surface area contributed by atoms with Gasteiger partial charge in [-0.05, 0) is 18.1 Å². The van der Waals surface area contributed by atoms with Crippen LogP contribution >= 0.6 is 0 Å². The third kappa shape index (κ3) is 4.95. The molecule has 142 valence electrons. The van der Waals surface area contributed by atoms with Crippen molar-refractivity contribution in [2.75, 3.05) is 26.9 Å². The first kappa shape index (κ1) is 20.2. The maximum absolute atomic E-state index is 10.7. The number of methoxy groups -OCH3 is 1. The first-order valence-corrected chi connectivity index (χ1v) is 9.48. The van der Waals surface area contributed by atoms with Gasteiger partial charge in [0.15, 0.2) is 0 Å². The molecule has 0 spiro atoms. The number of ether oxygens (including phenoxy) is 2. The summed E-state index contributed by atoms with van der Waals surface area (Å²) in [6, 6.07) is 1.81. The summed E-state index contributed by atoms with van der Waals surface area (Å²) in [5.74, 6) is 1.00. The summed E-state index contributed by atoms with van der Waals surface area (Å²) in [5.41, 5.74) is 2.26. The number of aliphatic hydroxyl groups is 2. The molecule has 26 heavy (non-hydrogen) atoms. The number of benzene rings is 1. The Morgan fingerprint density at radius 1 is 1.27 bits per heavy atom. The van der Waals surface area contributed by atoms with Gasteiger partial charge in [-0.3, -0.25) is 4.55 Å². The van der Waals surface area contributed by atoms with E-state index in [1.807, 2.05) is 6.07 Å². The average molecular weight is 382 g/mol. The second-order valence-corrected chi connectivity index (χ2v) is 6.93. The zero-order valence-electron chi connectivity index (χ0n) is 14.3. The third-order valence-electron chi connectivity index (χ3n) is 3.85. The summed E-state index contributed by atoms with van der Waals surface area (Å²) in [6.45, 7) is 0.151. The summed E-state index contributed by atoms with van der Waals surface area (Å²) in [5, 5.41) is 19.4. The Labute approximate surface area is 152 Å². The third-order valence-corrected chi connectivity index (χ3v) is 4.39. The van der Waals surface area contributed by atoms with E-state index >= 15 is 0 Å². The molecule has 1 aromatic rings. The van der Waals surface area contributed by atoms with Gasteiger partial charge in [0.25, 0.3) is 10.1 Å². The predicted octanol–water partition coefficient (Wildman–Crippen LogP) is 1.97. The van der Waals surface area contributed by atoms with Crippen molar-refractivity contribution in [3.05, 3.63) is 46.4 Å². The highest BCUT2D eigenvalue weighted by atomic mass is 32.2. The van der Waals surface area contributed by atoms with Crippen molar-refractivity contribution in [1.29, 1.82) is 0 Å². The van der Waals surface area contributed by atoms with E-state index in [1.54, 1.807) is 24.3 Å². The molecule has 0 saturated heterocycles. The van der Waals surface area contributed by atoms with Crippen LogP contribution in [0.5, 0.6) is 11.5 Å². The van der Waals surface area contributed by atoms with E-state index in [2.05, 4.69) is 0 Å². The van der Waals surface area contributed by atoms with Crippen molar-refractivity contribution in [2.45, 2.75) is 12.3 Å². The van der Waals surface area contributed by atoms with Crippen LogP contribution in [0.1, 0.15) is 29.0 Å². The van der Waals surface area contributed by atoms with Crippen LogP contribution in [0.3, 0.4) is 0 Å². The first-order valence-electron chi connectivity index (χ1n) is 7.97. The van der Waals surface area contributed by atoms with Crippen LogP contribution in [0.4, 0.5) is 0 Å². The van der Waals surface area contributed by atoms with Crippen LogP contribution < -0.4 is 9.47 Å². The molecule has 1 aliphatic heterocycles. The Bertz CT molecular complexity index is 822. The second-order valence-electron chi connectivity index (χ2n) is 5.62. The normalized spacial score (nSPS) is 17.3. The molecule has 2 rings (SSSR count). The van der Waals surface area contributed by atoms with Crippen LogP contribution in [0.25, 0.3) is 12.2 Å². The summed E-state index contributed by atoms with van der Waals surface area (Å²) >= 11 is 0. The molecule has 0 aliphatic carbocycles. The van der Waals surface area contributed by atoms with E-state index in [0.29, 0.717) is 24.5 Å². The van der Waals surface area contributed by atoms with Crippen molar-refractivity contribution in [1.82, 2.24) is 0 Å². The highest BCUT2D eigenvalue weighted by molar-refractivity contribution is 7.88. The minimum atomic E-state index is -4.13. The van der Waals surface area contributed by atoms with E-state index in [9.17, 15) is 13.5 Å². The standard InChI is InChI=1S/C18H22O7S/c1-24-18-15(7-5-8-19)13(6-3-2-4-9-26(21,22)23)10-16-17(18)14(11-20)12-25-16/h3-7,9-10,14,19-20H,2,8,11-12H2,1H3,(H,21,22,23)/t14-/m0/s1. The SMILES string of the molecule is COc1c(C=CCO)c(C=CCC=CS(=O)(=O)O)cc2c1[C@@H](CO)CO2. The molecular weight excluding hydrogens is 360 g/mol. The van der Waals surface area contributed by atoms with Crippen molar-refractivity contribution < 1.29 is 32.7 Å². The quantitative estimate of drug-likeness (QED) is 0.589. The van der Waals surface area contributed by atoms with Crippen LogP contribution in [0.2, 0.25) is 0 Å². The van der Waals surface area contributed by atoms with Crippen molar-refractivity contribution in [3.8, 4) is 11.5 Å². The summed E-state index contributed by atoms with van der Waals surface area (Å²) in [6.07, 6.45) is 8.39. The topological polar surface area (TPSA) is 113 Å². The van der Waals surface area contributed by atoms with Crippen LogP contribution in [0, 0.1) is 0 Å². The second kappa shape index (κ2) is 9.00. The van der Waals surface area contributed by atoms with Gasteiger partial charge in [0.05, 0.1) is 32.3 Å². The van der Waals surface area contributed by atoms with Gasteiger partial charge in [0.2, 0.25) is 0 Å². The molecule has 7 nitrogen and oxygen atoms in total. The largest absolute Gasteiger partial charge is 0.496 e. The minimum Gasteiger partial charge on any atom is -0.496 e. The summed E-state index contributed by atoms with van der Waals surface area (Å²) < 4.78 is 41.2. The molecule has 0 saturated carbocycles. The number of fused-ring (bicyclic) bond motifs is 1. The smallest absolute Gasteiger partial charge is 0.287 e. The molecule has 0 unspecified atom stereocenters. The van der Waals surface area contributed by atoms with Crippen LogP contribution in [-0.2, 0) is 10.1 Å². The fraction of sp³-hybridized carbons (Fsp3) is 0.333. The lowest BCUT2D eigenvalue weighted by atomic mass is 9.94. The van der Waals surface area contributed by atoms with Gasteiger partial charge < -0.3 is 19.7 Å². The van der Waals surface area contributed by atoms with Gasteiger partial charge in [0, 0.05) is 17.0 Å². The molecule has 1 aromatic carbocycles. The lowest BCUT2D eigenvalue weighted by molar-refractivity contribution is 0.230. The van der Waals surface area contributed by atoms with E-state index in [4.69, 9.17) is 19.1 Å². The maximum atomic E-state index is 10.7. The molecule has 0 fully saturated rings. The molecular formula is C18H22O7S. The minimum absolute atomic E-state index is 0.0673. The molecule has 0 bridgehead atoms. The van der Waals surface area contributed by atoms with Gasteiger partial charge in [-0.25, -0.2) is 0 Å². The van der Waals surface area contributed by atoms with Gasteiger partial charge >= 0.3 is 0 Å². The molecule has 3 N–H and O–H groups in total. The number of hydrogen-bond donors (Lipinski definition) is 3. The fourth-order valence-corrected chi connectivity index (χ4v) is 3.11. The highest BCUT2D eigenvalue weighted by Crippen LogP contribution is 2.45. The lowest BCUT2D eigenvalue weighted by Gasteiger charge is -2.15. The zero-order chi connectivity index (χ0) is 19.2. The molecule has 8 heteroatoms. The highest BCUT2D eigenvalue weighted by Gasteiger charge is 2.30. The number of allylic oxidation sites excluding steroid dienone is 2. The maximum Gasteiger partial charge on any atom is 0.287 e. The average Bonchev–Trinajstić information content (AvgIpc) is 3.00. The monoisotopic (exact) mass is 382 g/mol. The Hall–Kier alpha value is -2.13. The van der Waals surface area contributed by atoms with E-state index in [0.717, 1.165) is 22.1 Å². The molecule has 0 aromatic heterocycles. The van der Waals surface area contributed by atoms with E-state index < -0.39 is 10.1 Å². The van der Waals surface area contributed by atoms with Crippen LogP contribution in [0.15, 0.2) is 29.7 Å². The van der Waals surface area contributed by atoms with E-state index in [-0.39, 0.29) is 19.1 Å². The molecule has 1 heterocycles. The van der Waals surface area contributed by atoms with Gasteiger partial charge in [-0.2, -0.15) is 8.42 Å². The number of aliphatic hydroxyl groups excluding tert-OH is 2. The van der Waals surface area contributed by atoms with Crippen molar-refractivity contribution >= 4 is 22.3 Å². The Kier molecular flexibility index (Phi) is 6.98. The Morgan fingerprint density at radius 2 is 2.04 bits per heavy atom. The zero-order valence-corrected chi connectivity index (χ0v) is 15.1. The predicted molar refractivity (Wildman–Crippen MR) is 98.8 cm³/mol. The number of rotatable bonds is 8. The molecule has 1 atom stereocenters. The fourth-order valence-electron chi connectivity index (χ4n) is 2.76. The van der Waals surface area contributed by atoms with Gasteiger partial charge in [-0.1, -0.05) is 30.4 Å². The van der Waals surface area contributed by atoms with Crippen LogP contribution in [-0.4, -0.2) is 50.1 Å². The lowest BCUT2D eigenvalue weighted by Crippen LogP contribution is -2.06. The van der Waals surface area contributed by atoms with E-state index in [1.165, 1.54) is 13.2 Å². The Balaban J connectivity index is 2.42. The van der Waals surface area contributed by atoms with Crippen molar-refractivity contribution in [2.24, 2.45) is 0 Å². The molecule has 1 aliphatic rings. The first-order chi connectivity index (χ1) is 12.4.